The van der Waals surface area contributed by atoms with Gasteiger partial charge in [-0.05, 0) is 32.6 Å². The number of anilines is 1. The fourth-order valence-electron chi connectivity index (χ4n) is 2.23. The van der Waals surface area contributed by atoms with Crippen LogP contribution in [-0.2, 0) is 0 Å². The number of nitrogens with zero attached hydrogens (tertiary/aromatic N) is 2. The Bertz CT molecular complexity index is 422. The second-order valence-corrected chi connectivity index (χ2v) is 6.01. The van der Waals surface area contributed by atoms with Gasteiger partial charge in [-0.25, -0.2) is 4.98 Å². The molecule has 0 aliphatic heterocycles. The second kappa shape index (κ2) is 7.43. The van der Waals surface area contributed by atoms with Crippen molar-refractivity contribution in [3.8, 4) is 5.88 Å². The molecular formula is C15H28N4O. The highest BCUT2D eigenvalue weighted by molar-refractivity contribution is 5.34. The van der Waals surface area contributed by atoms with Crippen LogP contribution in [0, 0.1) is 12.8 Å². The molecule has 5 heteroatoms. The summed E-state index contributed by atoms with van der Waals surface area (Å²) in [5.74, 6) is 1.76. The van der Waals surface area contributed by atoms with E-state index < -0.39 is 0 Å². The molecule has 1 aromatic rings. The molecule has 3 N–H and O–H groups in total. The van der Waals surface area contributed by atoms with E-state index in [1.54, 1.807) is 0 Å². The maximum Gasteiger partial charge on any atom is 0.226 e. The first kappa shape index (κ1) is 16.7. The Morgan fingerprint density at radius 1 is 1.40 bits per heavy atom. The van der Waals surface area contributed by atoms with Crippen molar-refractivity contribution in [2.24, 2.45) is 11.7 Å². The number of nitrogens with one attached hydrogen (secondary N) is 1. The summed E-state index contributed by atoms with van der Waals surface area (Å²) in [5, 5.41) is 3.37. The van der Waals surface area contributed by atoms with Crippen LogP contribution in [0.5, 0.6) is 5.88 Å². The van der Waals surface area contributed by atoms with Gasteiger partial charge in [0.05, 0.1) is 6.61 Å². The van der Waals surface area contributed by atoms with Crippen LogP contribution in [0.2, 0.25) is 0 Å². The molecule has 114 valence electrons. The molecule has 0 aliphatic rings. The molecule has 1 heterocycles. The number of aryl methyl sites for hydroxylation is 1. The molecule has 1 aromatic heterocycles. The van der Waals surface area contributed by atoms with Gasteiger partial charge in [-0.1, -0.05) is 20.8 Å². The van der Waals surface area contributed by atoms with E-state index in [0.29, 0.717) is 30.9 Å². The molecule has 5 nitrogen and oxygen atoms in total. The smallest absolute Gasteiger partial charge is 0.226 e. The molecule has 0 aromatic carbocycles. The number of nitrogens with two attached hydrogens (primary N) is 1. The van der Waals surface area contributed by atoms with Crippen LogP contribution in [0.3, 0.4) is 0 Å². The Morgan fingerprint density at radius 3 is 2.65 bits per heavy atom. The molecule has 0 bridgehead atoms. The Hall–Kier alpha value is -1.36. The van der Waals surface area contributed by atoms with Crippen LogP contribution in [0.15, 0.2) is 6.07 Å². The third-order valence-electron chi connectivity index (χ3n) is 3.01. The van der Waals surface area contributed by atoms with Crippen molar-refractivity contribution in [2.45, 2.75) is 53.0 Å². The minimum atomic E-state index is -0.204. The number of ether oxygens (including phenoxy) is 1. The van der Waals surface area contributed by atoms with Crippen LogP contribution >= 0.6 is 0 Å². The van der Waals surface area contributed by atoms with Gasteiger partial charge in [0.1, 0.15) is 0 Å². The Labute approximate surface area is 122 Å². The predicted octanol–water partition coefficient (Wildman–Crippen LogP) is 2.75. The lowest BCUT2D eigenvalue weighted by Crippen LogP contribution is -2.44. The van der Waals surface area contributed by atoms with Crippen molar-refractivity contribution in [1.29, 1.82) is 0 Å². The van der Waals surface area contributed by atoms with E-state index in [9.17, 15) is 0 Å². The molecule has 1 rings (SSSR count). The summed E-state index contributed by atoms with van der Waals surface area (Å²) in [5.41, 5.74) is 6.59. The summed E-state index contributed by atoms with van der Waals surface area (Å²) in [6, 6.07) is 1.85. The second-order valence-electron chi connectivity index (χ2n) is 6.01. The number of hydrogen-bond acceptors (Lipinski definition) is 5. The standard InChI is InChI=1S/C15H28N4O/c1-6-7-20-13-8-12(4)17-14(18-13)19-15(5,10-16)9-11(2)3/h8,11H,6-7,9-10,16H2,1-5H3,(H,17,18,19). The maximum absolute atomic E-state index is 5.91. The molecule has 1 unspecified atom stereocenters. The van der Waals surface area contributed by atoms with Gasteiger partial charge >= 0.3 is 0 Å². The number of aromatic nitrogens is 2. The molecule has 0 saturated heterocycles. The number of hydrogen-bond donors (Lipinski definition) is 2. The van der Waals surface area contributed by atoms with Crippen molar-refractivity contribution in [2.75, 3.05) is 18.5 Å². The SMILES string of the molecule is CCCOc1cc(C)nc(NC(C)(CN)CC(C)C)n1. The summed E-state index contributed by atoms with van der Waals surface area (Å²) in [7, 11) is 0. The summed E-state index contributed by atoms with van der Waals surface area (Å²) in [6.07, 6.45) is 1.92. The highest BCUT2D eigenvalue weighted by Crippen LogP contribution is 2.21. The van der Waals surface area contributed by atoms with Crippen molar-refractivity contribution >= 4 is 5.95 Å². The first-order chi connectivity index (χ1) is 9.38. The fourth-order valence-corrected chi connectivity index (χ4v) is 2.23. The third-order valence-corrected chi connectivity index (χ3v) is 3.01. The van der Waals surface area contributed by atoms with E-state index in [0.717, 1.165) is 18.5 Å². The van der Waals surface area contributed by atoms with Crippen molar-refractivity contribution in [3.05, 3.63) is 11.8 Å². The Morgan fingerprint density at radius 2 is 2.10 bits per heavy atom. The summed E-state index contributed by atoms with van der Waals surface area (Å²) >= 11 is 0. The molecule has 1 atom stereocenters. The van der Waals surface area contributed by atoms with E-state index in [1.165, 1.54) is 0 Å². The highest BCUT2D eigenvalue weighted by atomic mass is 16.5. The van der Waals surface area contributed by atoms with E-state index >= 15 is 0 Å². The average molecular weight is 280 g/mol. The van der Waals surface area contributed by atoms with E-state index in [1.807, 2.05) is 13.0 Å². The molecule has 0 amide bonds. The largest absolute Gasteiger partial charge is 0.478 e. The van der Waals surface area contributed by atoms with Crippen molar-refractivity contribution in [3.63, 3.8) is 0 Å². The van der Waals surface area contributed by atoms with Crippen LogP contribution in [0.25, 0.3) is 0 Å². The summed E-state index contributed by atoms with van der Waals surface area (Å²) < 4.78 is 5.58. The van der Waals surface area contributed by atoms with Crippen LogP contribution in [-0.4, -0.2) is 28.7 Å². The zero-order valence-electron chi connectivity index (χ0n) is 13.4. The molecule has 0 saturated carbocycles. The van der Waals surface area contributed by atoms with Gasteiger partial charge < -0.3 is 15.8 Å². The lowest BCUT2D eigenvalue weighted by molar-refractivity contribution is 0.304. The van der Waals surface area contributed by atoms with Gasteiger partial charge in [0.25, 0.3) is 0 Å². The molecular weight excluding hydrogens is 252 g/mol. The number of rotatable bonds is 8. The van der Waals surface area contributed by atoms with E-state index in [4.69, 9.17) is 10.5 Å². The van der Waals surface area contributed by atoms with Gasteiger partial charge in [-0.2, -0.15) is 4.98 Å². The average Bonchev–Trinajstić information content (AvgIpc) is 2.34. The zero-order valence-corrected chi connectivity index (χ0v) is 13.4. The first-order valence-electron chi connectivity index (χ1n) is 7.35. The Balaban J connectivity index is 2.86. The normalized spacial score (nSPS) is 14.2. The lowest BCUT2D eigenvalue weighted by atomic mass is 9.91. The monoisotopic (exact) mass is 280 g/mol. The molecule has 0 spiro atoms. The molecule has 0 fully saturated rings. The van der Waals surface area contributed by atoms with Gasteiger partial charge in [-0.15, -0.1) is 0 Å². The topological polar surface area (TPSA) is 73.1 Å². The van der Waals surface area contributed by atoms with Crippen molar-refractivity contribution < 1.29 is 4.74 Å². The fraction of sp³-hybridized carbons (Fsp3) is 0.733. The van der Waals surface area contributed by atoms with Crippen LogP contribution in [0.4, 0.5) is 5.95 Å². The minimum absolute atomic E-state index is 0.204. The Kier molecular flexibility index (Phi) is 6.20. The lowest BCUT2D eigenvalue weighted by Gasteiger charge is -2.31. The van der Waals surface area contributed by atoms with Crippen LogP contribution in [0.1, 0.15) is 46.2 Å². The van der Waals surface area contributed by atoms with Crippen molar-refractivity contribution in [1.82, 2.24) is 9.97 Å². The molecule has 0 radical (unpaired) electrons. The molecule has 20 heavy (non-hydrogen) atoms. The zero-order chi connectivity index (χ0) is 15.2. The first-order valence-corrected chi connectivity index (χ1v) is 7.35. The third kappa shape index (κ3) is 5.33. The quantitative estimate of drug-likeness (QED) is 0.766. The van der Waals surface area contributed by atoms with Gasteiger partial charge in [0, 0.05) is 23.8 Å². The van der Waals surface area contributed by atoms with E-state index in [-0.39, 0.29) is 5.54 Å². The maximum atomic E-state index is 5.91. The minimum Gasteiger partial charge on any atom is -0.478 e. The van der Waals surface area contributed by atoms with E-state index in [2.05, 4.69) is 43.0 Å². The summed E-state index contributed by atoms with van der Waals surface area (Å²) in [6.45, 7) is 11.7. The van der Waals surface area contributed by atoms with Gasteiger partial charge in [0.2, 0.25) is 11.8 Å². The highest BCUT2D eigenvalue weighted by Gasteiger charge is 2.24. The predicted molar refractivity (Wildman–Crippen MR) is 83.1 cm³/mol. The molecule has 0 aliphatic carbocycles. The van der Waals surface area contributed by atoms with Gasteiger partial charge in [-0.3, -0.25) is 0 Å². The van der Waals surface area contributed by atoms with Crippen LogP contribution < -0.4 is 15.8 Å². The van der Waals surface area contributed by atoms with Gasteiger partial charge in [0.15, 0.2) is 0 Å². The summed E-state index contributed by atoms with van der Waals surface area (Å²) in [4.78, 5) is 8.84.